The maximum atomic E-state index is 14.9. The van der Waals surface area contributed by atoms with Crippen LogP contribution in [0.5, 0.6) is 0 Å². The number of aliphatic imine (C=N–C) groups is 1. The van der Waals surface area contributed by atoms with Crippen LogP contribution in [0, 0.1) is 5.82 Å². The summed E-state index contributed by atoms with van der Waals surface area (Å²) in [7, 11) is -1.35. The quantitative estimate of drug-likeness (QED) is 0.380. The summed E-state index contributed by atoms with van der Waals surface area (Å²) < 4.78 is 42.1. The molecule has 0 bridgehead atoms. The van der Waals surface area contributed by atoms with Gasteiger partial charge < -0.3 is 18.8 Å². The molecule has 0 aromatic heterocycles. The second-order valence-electron chi connectivity index (χ2n) is 9.68. The zero-order valence-corrected chi connectivity index (χ0v) is 22.7. The monoisotopic (exact) mass is 551 g/mol. The molecule has 188 valence electrons. The van der Waals surface area contributed by atoms with E-state index in [9.17, 15) is 13.7 Å². The first-order valence-corrected chi connectivity index (χ1v) is 13.1. The molecule has 1 heterocycles. The molecule has 1 aliphatic heterocycles. The Morgan fingerprint density at radius 3 is 2.55 bits per heavy atom. The molecular weight excluding hydrogens is 517 g/mol. The second-order valence-corrected chi connectivity index (χ2v) is 13.4. The van der Waals surface area contributed by atoms with E-state index in [2.05, 4.69) is 15.9 Å². The molecule has 8 nitrogen and oxygen atoms in total. The molecule has 1 amide bonds. The Labute approximate surface area is 205 Å². The summed E-state index contributed by atoms with van der Waals surface area (Å²) in [6.07, 6.45) is -0.707. The Hall–Kier alpha value is -1.24. The molecule has 3 N–H and O–H groups in total. The van der Waals surface area contributed by atoms with Gasteiger partial charge in [-0.1, -0.05) is 26.4 Å². The molecule has 0 radical (unpaired) electrons. The number of amides is 1. The van der Waals surface area contributed by atoms with E-state index in [0.717, 1.165) is 0 Å². The number of rotatable bonds is 6. The number of carbonyl (C=O) groups excluding carboxylic acids is 1. The first-order valence-electron chi connectivity index (χ1n) is 10.5. The van der Waals surface area contributed by atoms with Crippen molar-refractivity contribution in [1.82, 2.24) is 4.90 Å². The normalized spacial score (nSPS) is 26.8. The number of amidine groups is 1. The van der Waals surface area contributed by atoms with Gasteiger partial charge >= 0.3 is 6.09 Å². The number of nitrogens with two attached hydrogens (primary N) is 1. The molecule has 0 aliphatic carbocycles. The molecule has 0 saturated carbocycles. The van der Waals surface area contributed by atoms with E-state index in [-0.39, 0.29) is 30.5 Å². The van der Waals surface area contributed by atoms with E-state index < -0.39 is 38.3 Å². The molecule has 2 atom stereocenters. The zero-order valence-electron chi connectivity index (χ0n) is 20.3. The molecule has 0 saturated heterocycles. The van der Waals surface area contributed by atoms with Gasteiger partial charge in [0.2, 0.25) is 0 Å². The van der Waals surface area contributed by atoms with Gasteiger partial charge in [-0.3, -0.25) is 10.1 Å². The van der Waals surface area contributed by atoms with Crippen molar-refractivity contribution in [2.45, 2.75) is 57.4 Å². The third-order valence-corrected chi connectivity index (χ3v) is 8.75. The van der Waals surface area contributed by atoms with E-state index in [0.29, 0.717) is 11.1 Å². The van der Waals surface area contributed by atoms with E-state index >= 15 is 0 Å². The van der Waals surface area contributed by atoms with Gasteiger partial charge in [-0.25, -0.2) is 14.1 Å². The van der Waals surface area contributed by atoms with Crippen LogP contribution in [0.2, 0.25) is 0 Å². The maximum absolute atomic E-state index is 14.9. The lowest BCUT2D eigenvalue weighted by atomic mass is 9.93. The summed E-state index contributed by atoms with van der Waals surface area (Å²) in [6.45, 7) is 10.7. The Morgan fingerprint density at radius 2 is 1.97 bits per heavy atom. The first-order chi connectivity index (χ1) is 15.0. The minimum atomic E-state index is -2.90. The Morgan fingerprint density at radius 1 is 1.33 bits per heavy atom. The van der Waals surface area contributed by atoms with Crippen molar-refractivity contribution in [2.24, 2.45) is 10.1 Å². The summed E-state index contributed by atoms with van der Waals surface area (Å²) in [5.41, 5.74) is -1.76. The lowest BCUT2D eigenvalue weighted by Crippen LogP contribution is -2.59. The minimum Gasteiger partial charge on any atom is -0.443 e. The number of halogens is 2. The highest BCUT2D eigenvalue weighted by atomic mass is 79.9. The van der Waals surface area contributed by atoms with Crippen LogP contribution in [0.25, 0.3) is 0 Å². The van der Waals surface area contributed by atoms with Crippen molar-refractivity contribution in [3.8, 4) is 0 Å². The van der Waals surface area contributed by atoms with Crippen molar-refractivity contribution >= 4 is 38.4 Å². The van der Waals surface area contributed by atoms with Crippen molar-refractivity contribution in [3.05, 3.63) is 34.1 Å². The molecular formula is C22H35BrFN3O5S. The predicted octanol–water partition coefficient (Wildman–Crippen LogP) is 5.00. The lowest BCUT2D eigenvalue weighted by molar-refractivity contribution is -0.00309. The molecule has 1 aromatic rings. The van der Waals surface area contributed by atoms with Gasteiger partial charge in [0.25, 0.3) is 0 Å². The van der Waals surface area contributed by atoms with Crippen molar-refractivity contribution in [2.75, 3.05) is 32.8 Å². The zero-order chi connectivity index (χ0) is 25.2. The minimum absolute atomic E-state index is 0.0105. The number of carbonyl (C=O) groups is 1. The predicted molar refractivity (Wildman–Crippen MR) is 133 cm³/mol. The van der Waals surface area contributed by atoms with Gasteiger partial charge in [0.1, 0.15) is 24.0 Å². The second kappa shape index (κ2) is 10.2. The van der Waals surface area contributed by atoms with Crippen LogP contribution in [0.3, 0.4) is 0 Å². The van der Waals surface area contributed by atoms with Gasteiger partial charge in [0, 0.05) is 22.9 Å². The number of nitrogens with zero attached hydrogens (tertiary/aromatic N) is 2. The summed E-state index contributed by atoms with van der Waals surface area (Å²) in [4.78, 5) is 19.3. The molecule has 1 aliphatic rings. The third kappa shape index (κ3) is 6.46. The smallest absolute Gasteiger partial charge is 0.417 e. The van der Waals surface area contributed by atoms with Gasteiger partial charge in [0.15, 0.2) is 0 Å². The summed E-state index contributed by atoms with van der Waals surface area (Å²) in [5, 5.41) is 6.47. The molecule has 2 rings (SSSR count). The average molecular weight is 553 g/mol. The largest absolute Gasteiger partial charge is 0.443 e. The fourth-order valence-electron chi connectivity index (χ4n) is 3.42. The standard InChI is InChI=1S/C22H35BrFN3O5S/c1-20(2,3)32-19(28)27(14-31-11-10-30-7)18-21(4,5)33(25,29)13-22(6,26-18)16-12-15(23)8-9-17(16)24/h8-9,12,29H,10-11,13-14,25H2,1-7H3/t22-/m0/s1. The molecule has 11 heteroatoms. The van der Waals surface area contributed by atoms with E-state index in [4.69, 9.17) is 24.3 Å². The number of methoxy groups -OCH3 is 1. The summed E-state index contributed by atoms with van der Waals surface area (Å²) >= 11 is 3.37. The van der Waals surface area contributed by atoms with Crippen LogP contribution in [0.15, 0.2) is 27.7 Å². The van der Waals surface area contributed by atoms with Gasteiger partial charge in [0.05, 0.1) is 23.5 Å². The van der Waals surface area contributed by atoms with Crippen LogP contribution in [-0.4, -0.2) is 64.5 Å². The first kappa shape index (κ1) is 28.0. The molecule has 33 heavy (non-hydrogen) atoms. The molecule has 0 fully saturated rings. The van der Waals surface area contributed by atoms with Crippen molar-refractivity contribution in [1.29, 1.82) is 0 Å². The maximum Gasteiger partial charge on any atom is 0.417 e. The van der Waals surface area contributed by atoms with E-state index in [1.807, 2.05) is 0 Å². The van der Waals surface area contributed by atoms with E-state index in [1.165, 1.54) is 11.0 Å². The van der Waals surface area contributed by atoms with Crippen molar-refractivity contribution in [3.63, 3.8) is 0 Å². The van der Waals surface area contributed by atoms with Crippen molar-refractivity contribution < 1.29 is 27.9 Å². The summed E-state index contributed by atoms with van der Waals surface area (Å²) in [6, 6.07) is 4.51. The Balaban J connectivity index is 2.64. The van der Waals surface area contributed by atoms with Gasteiger partial charge in [-0.2, -0.15) is 0 Å². The SMILES string of the molecule is COCCOCN(C(=O)OC(C)(C)C)C1=N[C@](C)(c2cc(Br)ccc2F)CS(N)(O)C1(C)C. The highest BCUT2D eigenvalue weighted by Gasteiger charge is 2.53. The van der Waals surface area contributed by atoms with Gasteiger partial charge in [-0.05, 0) is 59.7 Å². The highest BCUT2D eigenvalue weighted by Crippen LogP contribution is 2.58. The summed E-state index contributed by atoms with van der Waals surface area (Å²) in [5.74, 6) is -0.308. The van der Waals surface area contributed by atoms with Gasteiger partial charge in [-0.15, -0.1) is 0 Å². The number of ether oxygens (including phenoxy) is 3. The third-order valence-electron chi connectivity index (χ3n) is 5.31. The molecule has 0 spiro atoms. The molecule has 1 aromatic carbocycles. The van der Waals surface area contributed by atoms with Crippen LogP contribution >= 0.6 is 26.4 Å². The Bertz CT molecular complexity index is 907. The average Bonchev–Trinajstić information content (AvgIpc) is 2.65. The molecule has 1 unspecified atom stereocenters. The topological polar surface area (TPSA) is 107 Å². The number of benzene rings is 1. The Kier molecular flexibility index (Phi) is 8.63. The van der Waals surface area contributed by atoms with E-state index in [1.54, 1.807) is 60.8 Å². The van der Waals surface area contributed by atoms with Crippen LogP contribution < -0.4 is 5.14 Å². The van der Waals surface area contributed by atoms with Crippen LogP contribution in [0.1, 0.15) is 47.1 Å². The number of hydrogen-bond acceptors (Lipinski definition) is 7. The fourth-order valence-corrected chi connectivity index (χ4v) is 5.69. The van der Waals surface area contributed by atoms with Crippen LogP contribution in [-0.2, 0) is 19.7 Å². The van der Waals surface area contributed by atoms with Crippen LogP contribution in [0.4, 0.5) is 9.18 Å². The highest BCUT2D eigenvalue weighted by molar-refractivity contribution is 9.10. The lowest BCUT2D eigenvalue weighted by Gasteiger charge is -2.53. The number of hydrogen-bond donors (Lipinski definition) is 2. The fraction of sp³-hybridized carbons (Fsp3) is 0.636.